The van der Waals surface area contributed by atoms with E-state index < -0.39 is 12.1 Å². The van der Waals surface area contributed by atoms with E-state index in [-0.39, 0.29) is 18.3 Å². The molecule has 50 heavy (non-hydrogen) atoms. The van der Waals surface area contributed by atoms with Crippen LogP contribution in [0.3, 0.4) is 0 Å². The lowest BCUT2D eigenvalue weighted by Crippen LogP contribution is -2.52. The summed E-state index contributed by atoms with van der Waals surface area (Å²) < 4.78 is 23.4. The van der Waals surface area contributed by atoms with Gasteiger partial charge in [-0.15, -0.1) is 0 Å². The third-order valence-corrected chi connectivity index (χ3v) is 9.88. The SMILES string of the molecule is O=C(NC(c1ccccc1)c1cccc(OCc2ccc(C(=O)N(CCC3OCCO3)Cc3ccccc3)cc2)c1)OC1CN2CCC1CC2. The monoisotopic (exact) mass is 675 g/mol. The predicted octanol–water partition coefficient (Wildman–Crippen LogP) is 6.58. The van der Waals surface area contributed by atoms with Gasteiger partial charge in [-0.2, -0.15) is 0 Å². The number of fused-ring (bicyclic) bond motifs is 3. The van der Waals surface area contributed by atoms with Gasteiger partial charge in [0.25, 0.3) is 5.91 Å². The van der Waals surface area contributed by atoms with Crippen LogP contribution in [-0.4, -0.2) is 73.6 Å². The minimum Gasteiger partial charge on any atom is -0.489 e. The molecule has 4 aromatic rings. The smallest absolute Gasteiger partial charge is 0.408 e. The Morgan fingerprint density at radius 3 is 2.22 bits per heavy atom. The lowest BCUT2D eigenvalue weighted by Gasteiger charge is -2.43. The quantitative estimate of drug-likeness (QED) is 0.171. The molecule has 4 heterocycles. The maximum Gasteiger partial charge on any atom is 0.408 e. The lowest BCUT2D eigenvalue weighted by molar-refractivity contribution is -0.0505. The van der Waals surface area contributed by atoms with E-state index in [1.54, 1.807) is 0 Å². The Balaban J connectivity index is 0.989. The molecule has 2 unspecified atom stereocenters. The number of alkyl carbamates (subject to hydrolysis) is 1. The van der Waals surface area contributed by atoms with E-state index in [2.05, 4.69) is 10.2 Å². The zero-order valence-electron chi connectivity index (χ0n) is 28.3. The molecule has 2 amide bonds. The highest BCUT2D eigenvalue weighted by molar-refractivity contribution is 5.94. The van der Waals surface area contributed by atoms with E-state index >= 15 is 0 Å². The van der Waals surface area contributed by atoms with Gasteiger partial charge in [-0.3, -0.25) is 9.69 Å². The molecule has 4 aliphatic heterocycles. The van der Waals surface area contributed by atoms with Crippen LogP contribution in [0, 0.1) is 5.92 Å². The molecule has 0 radical (unpaired) electrons. The van der Waals surface area contributed by atoms with E-state index in [4.69, 9.17) is 18.9 Å². The van der Waals surface area contributed by atoms with E-state index in [1.165, 1.54) is 0 Å². The van der Waals surface area contributed by atoms with Gasteiger partial charge in [0.15, 0.2) is 6.29 Å². The summed E-state index contributed by atoms with van der Waals surface area (Å²) in [5, 5.41) is 3.14. The van der Waals surface area contributed by atoms with Crippen LogP contribution in [0.5, 0.6) is 5.75 Å². The van der Waals surface area contributed by atoms with Crippen LogP contribution in [0.2, 0.25) is 0 Å². The minimum atomic E-state index is -0.402. The van der Waals surface area contributed by atoms with Crippen LogP contribution < -0.4 is 10.1 Å². The molecule has 8 rings (SSSR count). The fraction of sp³-hybridized carbons (Fsp3) is 0.366. The van der Waals surface area contributed by atoms with Gasteiger partial charge in [0.05, 0.1) is 19.3 Å². The molecular formula is C41H45N3O6. The van der Waals surface area contributed by atoms with Crippen LogP contribution in [0.15, 0.2) is 109 Å². The largest absolute Gasteiger partial charge is 0.489 e. The first-order chi connectivity index (χ1) is 24.6. The summed E-state index contributed by atoms with van der Waals surface area (Å²) in [4.78, 5) is 31.1. The van der Waals surface area contributed by atoms with Gasteiger partial charge < -0.3 is 29.2 Å². The highest BCUT2D eigenvalue weighted by Gasteiger charge is 2.37. The van der Waals surface area contributed by atoms with Gasteiger partial charge in [0.2, 0.25) is 0 Å². The molecule has 9 heteroatoms. The predicted molar refractivity (Wildman–Crippen MR) is 190 cm³/mol. The lowest BCUT2D eigenvalue weighted by atomic mass is 9.86. The number of rotatable bonds is 13. The molecule has 4 saturated heterocycles. The second-order valence-electron chi connectivity index (χ2n) is 13.3. The maximum absolute atomic E-state index is 13.7. The summed E-state index contributed by atoms with van der Waals surface area (Å²) in [5.41, 5.74) is 4.47. The molecular weight excluding hydrogens is 630 g/mol. The van der Waals surface area contributed by atoms with Gasteiger partial charge in [-0.1, -0.05) is 84.9 Å². The van der Waals surface area contributed by atoms with Gasteiger partial charge in [0.1, 0.15) is 18.5 Å². The average Bonchev–Trinajstić information content (AvgIpc) is 3.70. The Hall–Kier alpha value is -4.70. The molecule has 2 atom stereocenters. The molecule has 260 valence electrons. The van der Waals surface area contributed by atoms with Crippen molar-refractivity contribution in [3.8, 4) is 5.75 Å². The van der Waals surface area contributed by atoms with Crippen molar-refractivity contribution in [3.05, 3.63) is 137 Å². The standard InChI is InChI=1S/C41H45N3O6/c45-40(44(23-20-38-47-24-25-48-38)27-30-8-3-1-4-9-30)34-16-14-31(15-17-34)29-49-36-13-7-12-35(26-36)39(33-10-5-2-6-11-33)42-41(46)50-37-28-43-21-18-32(37)19-22-43/h1-17,26,32,37-39H,18-25,27-29H2,(H,42,46). The Kier molecular flexibility index (Phi) is 11.0. The summed E-state index contributed by atoms with van der Waals surface area (Å²) >= 11 is 0. The van der Waals surface area contributed by atoms with Crippen molar-refractivity contribution in [1.29, 1.82) is 0 Å². The normalized spacial score (nSPS) is 20.6. The van der Waals surface area contributed by atoms with E-state index in [1.807, 2.05) is 114 Å². The Morgan fingerprint density at radius 2 is 1.52 bits per heavy atom. The van der Waals surface area contributed by atoms with Crippen LogP contribution in [0.4, 0.5) is 4.79 Å². The fourth-order valence-corrected chi connectivity index (χ4v) is 7.11. The zero-order chi connectivity index (χ0) is 34.1. The van der Waals surface area contributed by atoms with E-state index in [0.29, 0.717) is 56.6 Å². The van der Waals surface area contributed by atoms with Crippen LogP contribution in [-0.2, 0) is 27.4 Å². The molecule has 0 saturated carbocycles. The molecule has 4 aliphatic rings. The molecule has 4 aromatic carbocycles. The van der Waals surface area contributed by atoms with Gasteiger partial charge in [0, 0.05) is 31.6 Å². The highest BCUT2D eigenvalue weighted by Crippen LogP contribution is 2.31. The number of benzene rings is 4. The molecule has 0 spiro atoms. The van der Waals surface area contributed by atoms with Crippen LogP contribution in [0.1, 0.15) is 57.9 Å². The Morgan fingerprint density at radius 1 is 0.820 bits per heavy atom. The number of nitrogens with one attached hydrogen (secondary N) is 1. The number of piperidine rings is 3. The van der Waals surface area contributed by atoms with Gasteiger partial charge >= 0.3 is 6.09 Å². The van der Waals surface area contributed by atoms with Crippen molar-refractivity contribution < 1.29 is 28.5 Å². The molecule has 0 aliphatic carbocycles. The number of hydrogen-bond donors (Lipinski definition) is 1. The van der Waals surface area contributed by atoms with Crippen molar-refractivity contribution in [2.75, 3.05) is 39.4 Å². The topological polar surface area (TPSA) is 89.6 Å². The van der Waals surface area contributed by atoms with Crippen molar-refractivity contribution in [1.82, 2.24) is 15.1 Å². The summed E-state index contributed by atoms with van der Waals surface area (Å²) in [6.07, 6.45) is 2.03. The molecule has 2 bridgehead atoms. The third kappa shape index (κ3) is 8.71. The molecule has 0 aromatic heterocycles. The molecule has 4 fully saturated rings. The van der Waals surface area contributed by atoms with Gasteiger partial charge in [-0.05, 0) is 78.4 Å². The first-order valence-electron chi connectivity index (χ1n) is 17.7. The third-order valence-electron chi connectivity index (χ3n) is 9.88. The highest BCUT2D eigenvalue weighted by atomic mass is 16.7. The second-order valence-corrected chi connectivity index (χ2v) is 13.3. The number of amides is 2. The van der Waals surface area contributed by atoms with Crippen molar-refractivity contribution in [2.24, 2.45) is 5.92 Å². The summed E-state index contributed by atoms with van der Waals surface area (Å²) in [7, 11) is 0. The summed E-state index contributed by atoms with van der Waals surface area (Å²) in [6.45, 7) is 5.52. The van der Waals surface area contributed by atoms with Crippen molar-refractivity contribution in [3.63, 3.8) is 0 Å². The summed E-state index contributed by atoms with van der Waals surface area (Å²) in [6, 6.07) is 34.9. The van der Waals surface area contributed by atoms with Crippen LogP contribution >= 0.6 is 0 Å². The zero-order valence-corrected chi connectivity index (χ0v) is 28.3. The first-order valence-corrected chi connectivity index (χ1v) is 17.7. The minimum absolute atomic E-state index is 0.0431. The van der Waals surface area contributed by atoms with E-state index in [9.17, 15) is 9.59 Å². The second kappa shape index (κ2) is 16.3. The average molecular weight is 676 g/mol. The van der Waals surface area contributed by atoms with Crippen molar-refractivity contribution >= 4 is 12.0 Å². The molecule has 9 nitrogen and oxygen atoms in total. The first kappa shape index (κ1) is 33.8. The number of ether oxygens (including phenoxy) is 4. The maximum atomic E-state index is 13.7. The number of carbonyl (C=O) groups excluding carboxylic acids is 2. The van der Waals surface area contributed by atoms with Crippen molar-refractivity contribution in [2.45, 2.75) is 50.8 Å². The number of hydrogen-bond acceptors (Lipinski definition) is 7. The van der Waals surface area contributed by atoms with Gasteiger partial charge in [-0.25, -0.2) is 4.79 Å². The fourth-order valence-electron chi connectivity index (χ4n) is 7.11. The van der Waals surface area contributed by atoms with Crippen LogP contribution in [0.25, 0.3) is 0 Å². The Labute approximate surface area is 294 Å². The number of nitrogens with zero attached hydrogens (tertiary/aromatic N) is 2. The van der Waals surface area contributed by atoms with E-state index in [0.717, 1.165) is 54.7 Å². The number of carbonyl (C=O) groups is 2. The molecule has 1 N–H and O–H groups in total. The summed E-state index contributed by atoms with van der Waals surface area (Å²) in [5.74, 6) is 1.07. The Bertz CT molecular complexity index is 1690.